The maximum absolute atomic E-state index is 8.48. The van der Waals surface area contributed by atoms with E-state index in [9.17, 15) is 0 Å². The van der Waals surface area contributed by atoms with E-state index < -0.39 is 0 Å². The summed E-state index contributed by atoms with van der Waals surface area (Å²) in [5.41, 5.74) is 0. The Balaban J connectivity index is 3.05. The molecular weight excluding hydrogens is 120 g/mol. The summed E-state index contributed by atoms with van der Waals surface area (Å²) < 4.78 is 0. The molecular formula is C6H10OS. The second-order valence-electron chi connectivity index (χ2n) is 1.50. The molecule has 0 aromatic rings. The summed E-state index contributed by atoms with van der Waals surface area (Å²) in [6, 6.07) is 0. The van der Waals surface area contributed by atoms with Crippen molar-refractivity contribution in [1.29, 1.82) is 0 Å². The first-order valence-electron chi connectivity index (χ1n) is 2.60. The predicted octanol–water partition coefficient (Wildman–Crippen LogP) is 2.23. The van der Waals surface area contributed by atoms with Crippen molar-refractivity contribution < 1.29 is 5.11 Å². The highest BCUT2D eigenvalue weighted by Gasteiger charge is 1.84. The van der Waals surface area contributed by atoms with Crippen LogP contribution in [-0.4, -0.2) is 10.2 Å². The van der Waals surface area contributed by atoms with Crippen LogP contribution in [0.25, 0.3) is 0 Å². The standard InChI is InChI=1S/C6H10OS/c1-2-3-4-5-6(7)8/h2-3H,4-5H2,1H3,(H,7,8)/b3-2+. The predicted molar refractivity (Wildman–Crippen MR) is 39.3 cm³/mol. The molecule has 0 unspecified atom stereocenters. The minimum atomic E-state index is 0.100. The lowest BCUT2D eigenvalue weighted by atomic mass is 10.3. The zero-order valence-corrected chi connectivity index (χ0v) is 5.74. The van der Waals surface area contributed by atoms with Gasteiger partial charge in [-0.2, -0.15) is 0 Å². The molecule has 46 valence electrons. The molecule has 0 saturated carbocycles. The summed E-state index contributed by atoms with van der Waals surface area (Å²) in [5, 5.41) is 8.58. The molecule has 0 spiro atoms. The zero-order valence-electron chi connectivity index (χ0n) is 4.92. The maximum atomic E-state index is 8.48. The molecule has 1 N–H and O–H groups in total. The molecule has 0 aliphatic rings. The second kappa shape index (κ2) is 4.78. The average molecular weight is 130 g/mol. The van der Waals surface area contributed by atoms with Gasteiger partial charge in [0.25, 0.3) is 0 Å². The molecule has 0 amide bonds. The Morgan fingerprint density at radius 1 is 1.75 bits per heavy atom. The molecule has 0 atom stereocenters. The van der Waals surface area contributed by atoms with Gasteiger partial charge in [-0.1, -0.05) is 12.2 Å². The zero-order chi connectivity index (χ0) is 6.41. The Morgan fingerprint density at radius 3 is 2.75 bits per heavy atom. The van der Waals surface area contributed by atoms with Crippen molar-refractivity contribution in [3.8, 4) is 0 Å². The van der Waals surface area contributed by atoms with Crippen LogP contribution in [-0.2, 0) is 0 Å². The Hall–Kier alpha value is -0.370. The van der Waals surface area contributed by atoms with Gasteiger partial charge in [0.2, 0.25) is 0 Å². The van der Waals surface area contributed by atoms with Crippen molar-refractivity contribution in [2.24, 2.45) is 0 Å². The Bertz CT molecular complexity index is 96.7. The van der Waals surface area contributed by atoms with Crippen LogP contribution in [0.3, 0.4) is 0 Å². The van der Waals surface area contributed by atoms with Crippen LogP contribution in [0.4, 0.5) is 0 Å². The number of rotatable bonds is 3. The van der Waals surface area contributed by atoms with Gasteiger partial charge in [-0.25, -0.2) is 0 Å². The molecule has 0 aromatic carbocycles. The smallest absolute Gasteiger partial charge is 0.156 e. The maximum Gasteiger partial charge on any atom is 0.156 e. The number of aliphatic hydroxyl groups excluding tert-OH is 1. The van der Waals surface area contributed by atoms with Crippen molar-refractivity contribution in [3.05, 3.63) is 12.2 Å². The first-order valence-corrected chi connectivity index (χ1v) is 3.01. The summed E-state index contributed by atoms with van der Waals surface area (Å²) in [6.07, 6.45) is 5.38. The molecule has 8 heavy (non-hydrogen) atoms. The van der Waals surface area contributed by atoms with Crippen LogP contribution in [0.15, 0.2) is 12.2 Å². The number of aliphatic hydroxyl groups is 1. The summed E-state index contributed by atoms with van der Waals surface area (Å²) in [4.78, 5) is 0. The third-order valence-electron chi connectivity index (χ3n) is 0.761. The van der Waals surface area contributed by atoms with Crippen molar-refractivity contribution in [2.45, 2.75) is 19.8 Å². The van der Waals surface area contributed by atoms with Crippen molar-refractivity contribution in [3.63, 3.8) is 0 Å². The average Bonchev–Trinajstić information content (AvgIpc) is 1.66. The Morgan fingerprint density at radius 2 is 2.38 bits per heavy atom. The van der Waals surface area contributed by atoms with E-state index >= 15 is 0 Å². The number of thiocarbonyl (C=S) groups is 1. The first kappa shape index (κ1) is 7.63. The molecule has 0 aromatic heterocycles. The van der Waals surface area contributed by atoms with E-state index in [2.05, 4.69) is 12.2 Å². The van der Waals surface area contributed by atoms with Gasteiger partial charge < -0.3 is 5.11 Å². The van der Waals surface area contributed by atoms with E-state index in [0.717, 1.165) is 6.42 Å². The number of allylic oxidation sites excluding steroid dienone is 2. The summed E-state index contributed by atoms with van der Waals surface area (Å²) in [6.45, 7) is 1.94. The van der Waals surface area contributed by atoms with Gasteiger partial charge in [0.05, 0.1) is 0 Å². The fourth-order valence-corrected chi connectivity index (χ4v) is 0.491. The van der Waals surface area contributed by atoms with Gasteiger partial charge in [-0.05, 0) is 25.6 Å². The fourth-order valence-electron chi connectivity index (χ4n) is 0.373. The molecule has 0 fully saturated rings. The van der Waals surface area contributed by atoms with Gasteiger partial charge in [0.15, 0.2) is 5.05 Å². The first-order chi connectivity index (χ1) is 3.77. The molecule has 0 aliphatic carbocycles. The minimum absolute atomic E-state index is 0.100. The monoisotopic (exact) mass is 130 g/mol. The normalized spacial score (nSPS) is 10.1. The van der Waals surface area contributed by atoms with Crippen molar-refractivity contribution in [1.82, 2.24) is 0 Å². The molecule has 0 radical (unpaired) electrons. The summed E-state index contributed by atoms with van der Waals surface area (Å²) in [7, 11) is 0. The molecule has 0 heterocycles. The fraction of sp³-hybridized carbons (Fsp3) is 0.500. The largest absolute Gasteiger partial charge is 0.502 e. The second-order valence-corrected chi connectivity index (χ2v) is 1.97. The van der Waals surface area contributed by atoms with Gasteiger partial charge in [0.1, 0.15) is 0 Å². The van der Waals surface area contributed by atoms with Crippen LogP contribution in [0.2, 0.25) is 0 Å². The SMILES string of the molecule is C/C=C/CCC(O)=S. The lowest BCUT2D eigenvalue weighted by Crippen LogP contribution is -1.87. The van der Waals surface area contributed by atoms with E-state index in [1.54, 1.807) is 0 Å². The molecule has 0 bridgehead atoms. The van der Waals surface area contributed by atoms with Crippen molar-refractivity contribution in [2.75, 3.05) is 0 Å². The minimum Gasteiger partial charge on any atom is -0.502 e. The van der Waals surface area contributed by atoms with Crippen molar-refractivity contribution >= 4 is 17.3 Å². The molecule has 1 nitrogen and oxygen atoms in total. The van der Waals surface area contributed by atoms with E-state index in [1.807, 2.05) is 19.1 Å². The molecule has 0 rings (SSSR count). The molecule has 0 saturated heterocycles. The van der Waals surface area contributed by atoms with E-state index in [-0.39, 0.29) is 5.05 Å². The number of hydrogen-bond acceptors (Lipinski definition) is 1. The van der Waals surface area contributed by atoms with E-state index in [4.69, 9.17) is 5.11 Å². The van der Waals surface area contributed by atoms with E-state index in [0.29, 0.717) is 6.42 Å². The highest BCUT2D eigenvalue weighted by Crippen LogP contribution is 1.90. The van der Waals surface area contributed by atoms with Crippen LogP contribution < -0.4 is 0 Å². The highest BCUT2D eigenvalue weighted by molar-refractivity contribution is 7.80. The Kier molecular flexibility index (Phi) is 4.56. The van der Waals surface area contributed by atoms with E-state index in [1.165, 1.54) is 0 Å². The van der Waals surface area contributed by atoms with Gasteiger partial charge >= 0.3 is 0 Å². The summed E-state index contributed by atoms with van der Waals surface area (Å²) >= 11 is 4.43. The highest BCUT2D eigenvalue weighted by atomic mass is 32.1. The third-order valence-corrected chi connectivity index (χ3v) is 0.965. The lowest BCUT2D eigenvalue weighted by Gasteiger charge is -1.87. The number of hydrogen-bond donors (Lipinski definition) is 1. The molecule has 0 aliphatic heterocycles. The van der Waals surface area contributed by atoms with Crippen LogP contribution >= 0.6 is 12.2 Å². The topological polar surface area (TPSA) is 20.2 Å². The van der Waals surface area contributed by atoms with Crippen LogP contribution in [0.5, 0.6) is 0 Å². The van der Waals surface area contributed by atoms with Crippen LogP contribution in [0.1, 0.15) is 19.8 Å². The van der Waals surface area contributed by atoms with Crippen LogP contribution in [0, 0.1) is 0 Å². The quantitative estimate of drug-likeness (QED) is 0.467. The van der Waals surface area contributed by atoms with Gasteiger partial charge in [-0.3, -0.25) is 0 Å². The Labute approximate surface area is 55.0 Å². The van der Waals surface area contributed by atoms with Gasteiger partial charge in [0, 0.05) is 6.42 Å². The van der Waals surface area contributed by atoms with Gasteiger partial charge in [-0.15, -0.1) is 0 Å². The third kappa shape index (κ3) is 5.63. The lowest BCUT2D eigenvalue weighted by molar-refractivity contribution is 0.549. The summed E-state index contributed by atoms with van der Waals surface area (Å²) in [5.74, 6) is 0. The molecule has 2 heteroatoms.